The van der Waals surface area contributed by atoms with Crippen molar-refractivity contribution >= 4 is 5.69 Å². The van der Waals surface area contributed by atoms with Gasteiger partial charge in [0.1, 0.15) is 0 Å². The number of hydrogen-bond acceptors (Lipinski definition) is 2. The minimum atomic E-state index is -0.452. The zero-order chi connectivity index (χ0) is 9.68. The highest BCUT2D eigenvalue weighted by atomic mass is 19.1. The van der Waals surface area contributed by atoms with Crippen molar-refractivity contribution in [3.8, 4) is 11.8 Å². The molecule has 2 nitrogen and oxygen atoms in total. The van der Waals surface area contributed by atoms with E-state index in [0.717, 1.165) is 0 Å². The van der Waals surface area contributed by atoms with E-state index in [2.05, 4.69) is 11.8 Å². The van der Waals surface area contributed by atoms with Gasteiger partial charge < -0.3 is 11.5 Å². The average Bonchev–Trinajstić information content (AvgIpc) is 2.13. The molecule has 0 bridgehead atoms. The molecule has 0 aliphatic carbocycles. The zero-order valence-corrected chi connectivity index (χ0v) is 7.18. The van der Waals surface area contributed by atoms with Crippen LogP contribution in [0.2, 0.25) is 0 Å². The van der Waals surface area contributed by atoms with Crippen molar-refractivity contribution in [3.05, 3.63) is 29.6 Å². The fraction of sp³-hybridized carbons (Fsp3) is 0.200. The van der Waals surface area contributed by atoms with E-state index in [0.29, 0.717) is 18.5 Å². The summed E-state index contributed by atoms with van der Waals surface area (Å²) in [5, 5.41) is 0. The predicted octanol–water partition coefficient (Wildman–Crippen LogP) is 1.11. The molecule has 0 saturated heterocycles. The molecule has 3 heteroatoms. The minimum Gasteiger partial charge on any atom is -0.396 e. The number of hydrogen-bond donors (Lipinski definition) is 2. The Kier molecular flexibility index (Phi) is 3.30. The van der Waals surface area contributed by atoms with Crippen LogP contribution in [0.25, 0.3) is 0 Å². The highest BCUT2D eigenvalue weighted by Gasteiger charge is 2.00. The Morgan fingerprint density at radius 1 is 1.38 bits per heavy atom. The van der Waals surface area contributed by atoms with Crippen LogP contribution in [0, 0.1) is 17.7 Å². The van der Waals surface area contributed by atoms with Gasteiger partial charge in [-0.05, 0) is 12.1 Å². The van der Waals surface area contributed by atoms with Gasteiger partial charge >= 0.3 is 0 Å². The van der Waals surface area contributed by atoms with Gasteiger partial charge in [0.15, 0.2) is 5.82 Å². The molecule has 68 valence electrons. The summed E-state index contributed by atoms with van der Waals surface area (Å²) < 4.78 is 13.2. The van der Waals surface area contributed by atoms with Crippen molar-refractivity contribution in [2.45, 2.75) is 6.42 Å². The van der Waals surface area contributed by atoms with Crippen molar-refractivity contribution in [2.75, 3.05) is 12.3 Å². The highest BCUT2D eigenvalue weighted by Crippen LogP contribution is 2.12. The fourth-order valence-corrected chi connectivity index (χ4v) is 0.876. The Morgan fingerprint density at radius 3 is 2.85 bits per heavy atom. The predicted molar refractivity (Wildman–Crippen MR) is 51.4 cm³/mol. The Balaban J connectivity index is 2.91. The van der Waals surface area contributed by atoms with Crippen LogP contribution in [0.5, 0.6) is 0 Å². The maximum absolute atomic E-state index is 13.2. The maximum Gasteiger partial charge on any atom is 0.161 e. The molecule has 1 rings (SSSR count). The van der Waals surface area contributed by atoms with E-state index in [9.17, 15) is 4.39 Å². The van der Waals surface area contributed by atoms with Crippen LogP contribution in [-0.2, 0) is 0 Å². The van der Waals surface area contributed by atoms with Gasteiger partial charge in [-0.1, -0.05) is 17.9 Å². The van der Waals surface area contributed by atoms with Crippen molar-refractivity contribution < 1.29 is 4.39 Å². The molecule has 0 aliphatic heterocycles. The van der Waals surface area contributed by atoms with Gasteiger partial charge in [-0.2, -0.15) is 0 Å². The molecule has 13 heavy (non-hydrogen) atoms. The van der Waals surface area contributed by atoms with Crippen LogP contribution in [-0.4, -0.2) is 6.54 Å². The molecule has 0 heterocycles. The molecule has 0 atom stereocenters. The molecule has 0 saturated carbocycles. The summed E-state index contributed by atoms with van der Waals surface area (Å²) in [5.41, 5.74) is 11.0. The topological polar surface area (TPSA) is 52.0 Å². The summed E-state index contributed by atoms with van der Waals surface area (Å²) in [7, 11) is 0. The van der Waals surface area contributed by atoms with Crippen molar-refractivity contribution in [1.82, 2.24) is 0 Å². The van der Waals surface area contributed by atoms with E-state index in [1.54, 1.807) is 12.1 Å². The van der Waals surface area contributed by atoms with E-state index in [1.807, 2.05) is 0 Å². The molecule has 0 amide bonds. The molecule has 0 fully saturated rings. The average molecular weight is 178 g/mol. The number of nitrogen functional groups attached to an aromatic ring is 1. The lowest BCUT2D eigenvalue weighted by molar-refractivity contribution is 0.629. The van der Waals surface area contributed by atoms with Gasteiger partial charge in [0.2, 0.25) is 0 Å². The maximum atomic E-state index is 13.2. The van der Waals surface area contributed by atoms with Crippen molar-refractivity contribution in [2.24, 2.45) is 5.73 Å². The molecule has 4 N–H and O–H groups in total. The first-order chi connectivity index (χ1) is 6.25. The summed E-state index contributed by atoms with van der Waals surface area (Å²) in [4.78, 5) is 0. The zero-order valence-electron chi connectivity index (χ0n) is 7.18. The summed E-state index contributed by atoms with van der Waals surface area (Å²) in [6, 6.07) is 4.77. The Labute approximate surface area is 76.7 Å². The third-order valence-electron chi connectivity index (χ3n) is 1.52. The standard InChI is InChI=1S/C10H11FN2/c11-10-8(4-1-2-7-12)5-3-6-9(10)13/h3,5-6H,2,7,12-13H2. The van der Waals surface area contributed by atoms with Gasteiger partial charge in [-0.15, -0.1) is 0 Å². The van der Waals surface area contributed by atoms with Crippen molar-refractivity contribution in [1.29, 1.82) is 0 Å². The molecule has 1 aromatic rings. The van der Waals surface area contributed by atoms with Crippen LogP contribution in [0.4, 0.5) is 10.1 Å². The molecular formula is C10H11FN2. The third kappa shape index (κ3) is 2.46. The second-order valence-electron chi connectivity index (χ2n) is 2.55. The second kappa shape index (κ2) is 4.48. The van der Waals surface area contributed by atoms with Crippen LogP contribution >= 0.6 is 0 Å². The number of benzene rings is 1. The van der Waals surface area contributed by atoms with E-state index >= 15 is 0 Å². The minimum absolute atomic E-state index is 0.125. The summed E-state index contributed by atoms with van der Waals surface area (Å²) in [6.45, 7) is 0.483. The van der Waals surface area contributed by atoms with E-state index in [-0.39, 0.29) is 5.69 Å². The third-order valence-corrected chi connectivity index (χ3v) is 1.52. The molecule has 0 spiro atoms. The Hall–Kier alpha value is -1.53. The molecule has 0 aromatic heterocycles. The first-order valence-corrected chi connectivity index (χ1v) is 3.98. The summed E-state index contributed by atoms with van der Waals surface area (Å²) >= 11 is 0. The highest BCUT2D eigenvalue weighted by molar-refractivity contribution is 5.48. The number of halogens is 1. The lowest BCUT2D eigenvalue weighted by atomic mass is 10.2. The van der Waals surface area contributed by atoms with Gasteiger partial charge in [0.25, 0.3) is 0 Å². The number of nitrogens with two attached hydrogens (primary N) is 2. The van der Waals surface area contributed by atoms with E-state index in [1.165, 1.54) is 6.07 Å². The van der Waals surface area contributed by atoms with Gasteiger partial charge in [0.05, 0.1) is 11.3 Å². The monoisotopic (exact) mass is 178 g/mol. The smallest absolute Gasteiger partial charge is 0.161 e. The largest absolute Gasteiger partial charge is 0.396 e. The lowest BCUT2D eigenvalue weighted by Gasteiger charge is -1.96. The number of rotatable bonds is 1. The van der Waals surface area contributed by atoms with Gasteiger partial charge in [-0.3, -0.25) is 0 Å². The van der Waals surface area contributed by atoms with Crippen LogP contribution < -0.4 is 11.5 Å². The molecule has 0 radical (unpaired) electrons. The second-order valence-corrected chi connectivity index (χ2v) is 2.55. The van der Waals surface area contributed by atoms with Crippen molar-refractivity contribution in [3.63, 3.8) is 0 Å². The molecular weight excluding hydrogens is 167 g/mol. The van der Waals surface area contributed by atoms with Gasteiger partial charge in [-0.25, -0.2) is 4.39 Å². The van der Waals surface area contributed by atoms with Crippen LogP contribution in [0.15, 0.2) is 18.2 Å². The summed E-state index contributed by atoms with van der Waals surface area (Å²) in [5.74, 6) is 4.97. The lowest BCUT2D eigenvalue weighted by Crippen LogP contribution is -1.96. The van der Waals surface area contributed by atoms with Crippen LogP contribution in [0.1, 0.15) is 12.0 Å². The van der Waals surface area contributed by atoms with Gasteiger partial charge in [0, 0.05) is 13.0 Å². The first-order valence-electron chi connectivity index (χ1n) is 3.98. The fourth-order valence-electron chi connectivity index (χ4n) is 0.876. The number of anilines is 1. The quantitative estimate of drug-likeness (QED) is 0.500. The molecule has 0 aliphatic rings. The SMILES string of the molecule is NCCC#Cc1cccc(N)c1F. The molecule has 0 unspecified atom stereocenters. The Bertz CT molecular complexity index is 350. The Morgan fingerprint density at radius 2 is 2.15 bits per heavy atom. The first kappa shape index (κ1) is 9.56. The van der Waals surface area contributed by atoms with E-state index < -0.39 is 5.82 Å². The van der Waals surface area contributed by atoms with Crippen LogP contribution in [0.3, 0.4) is 0 Å². The normalized spacial score (nSPS) is 9.08. The van der Waals surface area contributed by atoms with E-state index in [4.69, 9.17) is 11.5 Å². The summed E-state index contributed by atoms with van der Waals surface area (Å²) in [6.07, 6.45) is 0.564. The molecule has 1 aromatic carbocycles.